The van der Waals surface area contributed by atoms with E-state index < -0.39 is 0 Å². The largest absolute Gasteiger partial charge is 0.339 e. The fourth-order valence-electron chi connectivity index (χ4n) is 1.32. The number of hydrogen-bond acceptors (Lipinski definition) is 4. The van der Waals surface area contributed by atoms with Crippen molar-refractivity contribution >= 4 is 0 Å². The van der Waals surface area contributed by atoms with Gasteiger partial charge in [0.2, 0.25) is 5.89 Å². The minimum absolute atomic E-state index is 0.532. The Morgan fingerprint density at radius 2 is 2.33 bits per heavy atom. The summed E-state index contributed by atoms with van der Waals surface area (Å²) in [6, 6.07) is 0. The third-order valence-electron chi connectivity index (χ3n) is 2.31. The molecule has 0 spiro atoms. The summed E-state index contributed by atoms with van der Waals surface area (Å²) in [7, 11) is 0. The molecule has 0 radical (unpaired) electrons. The molecule has 4 nitrogen and oxygen atoms in total. The van der Waals surface area contributed by atoms with Gasteiger partial charge in [-0.15, -0.1) is 0 Å². The quantitative estimate of drug-likeness (QED) is 0.724. The normalized spacial score (nSPS) is 17.8. The molecule has 2 N–H and O–H groups in total. The maximum absolute atomic E-state index is 5.37. The summed E-state index contributed by atoms with van der Waals surface area (Å²) < 4.78 is 5.10. The predicted octanol–water partition coefficient (Wildman–Crippen LogP) is 0.838. The Labute approximate surface area is 71.1 Å². The van der Waals surface area contributed by atoms with Crippen molar-refractivity contribution < 1.29 is 4.52 Å². The Kier molecular flexibility index (Phi) is 2.08. The topological polar surface area (TPSA) is 64.9 Å². The van der Waals surface area contributed by atoms with Crippen LogP contribution in [0.25, 0.3) is 0 Å². The lowest BCUT2D eigenvalue weighted by atomic mass is 9.85. The van der Waals surface area contributed by atoms with Gasteiger partial charge in [0.25, 0.3) is 0 Å². The number of aromatic nitrogens is 2. The monoisotopic (exact) mass is 167 g/mol. The van der Waals surface area contributed by atoms with E-state index in [2.05, 4.69) is 10.1 Å². The Balaban J connectivity index is 2.02. The van der Waals surface area contributed by atoms with Crippen LogP contribution in [-0.4, -0.2) is 16.7 Å². The molecule has 1 aromatic heterocycles. The maximum Gasteiger partial charge on any atom is 0.229 e. The van der Waals surface area contributed by atoms with Crippen LogP contribution in [0.2, 0.25) is 0 Å². The highest BCUT2D eigenvalue weighted by atomic mass is 16.5. The number of rotatable bonds is 3. The summed E-state index contributed by atoms with van der Waals surface area (Å²) in [4.78, 5) is 4.26. The first-order valence-electron chi connectivity index (χ1n) is 4.42. The molecule has 1 saturated carbocycles. The van der Waals surface area contributed by atoms with Crippen molar-refractivity contribution in [2.45, 2.75) is 31.6 Å². The van der Waals surface area contributed by atoms with Gasteiger partial charge >= 0.3 is 0 Å². The maximum atomic E-state index is 5.37. The Morgan fingerprint density at radius 3 is 2.92 bits per heavy atom. The van der Waals surface area contributed by atoms with E-state index in [1.807, 2.05) is 0 Å². The smallest absolute Gasteiger partial charge is 0.229 e. The van der Waals surface area contributed by atoms with Crippen LogP contribution in [-0.2, 0) is 6.42 Å². The minimum Gasteiger partial charge on any atom is -0.339 e. The van der Waals surface area contributed by atoms with Crippen molar-refractivity contribution in [3.05, 3.63) is 11.7 Å². The zero-order valence-electron chi connectivity index (χ0n) is 6.99. The standard InChI is InChI=1S/C8H13N3O/c9-5-4-7-10-8(12-11-7)6-2-1-3-6/h6H,1-5,9H2. The highest BCUT2D eigenvalue weighted by Gasteiger charge is 2.24. The van der Waals surface area contributed by atoms with Crippen LogP contribution in [0.4, 0.5) is 0 Å². The van der Waals surface area contributed by atoms with E-state index >= 15 is 0 Å². The molecular formula is C8H13N3O. The summed E-state index contributed by atoms with van der Waals surface area (Å²) in [5, 5.41) is 3.84. The molecule has 0 unspecified atom stereocenters. The Morgan fingerprint density at radius 1 is 1.50 bits per heavy atom. The van der Waals surface area contributed by atoms with Gasteiger partial charge in [0.15, 0.2) is 5.82 Å². The van der Waals surface area contributed by atoms with Crippen molar-refractivity contribution in [1.29, 1.82) is 0 Å². The number of nitrogens with zero attached hydrogens (tertiary/aromatic N) is 2. The van der Waals surface area contributed by atoms with E-state index in [9.17, 15) is 0 Å². The van der Waals surface area contributed by atoms with E-state index in [1.54, 1.807) is 0 Å². The molecule has 0 saturated heterocycles. The van der Waals surface area contributed by atoms with Crippen molar-refractivity contribution in [3.63, 3.8) is 0 Å². The van der Waals surface area contributed by atoms with Crippen molar-refractivity contribution in [1.82, 2.24) is 10.1 Å². The summed E-state index contributed by atoms with van der Waals surface area (Å²) in [6.07, 6.45) is 4.41. The lowest BCUT2D eigenvalue weighted by molar-refractivity contribution is 0.291. The van der Waals surface area contributed by atoms with Gasteiger partial charge in [-0.25, -0.2) is 0 Å². The highest BCUT2D eigenvalue weighted by molar-refractivity contribution is 4.98. The lowest BCUT2D eigenvalue weighted by Gasteiger charge is -2.20. The molecule has 4 heteroatoms. The molecule has 0 atom stereocenters. The third-order valence-corrected chi connectivity index (χ3v) is 2.31. The zero-order chi connectivity index (χ0) is 8.39. The SMILES string of the molecule is NCCc1noc(C2CCC2)n1. The summed E-state index contributed by atoms with van der Waals surface area (Å²) in [5.41, 5.74) is 5.37. The fourth-order valence-corrected chi connectivity index (χ4v) is 1.32. The Bertz CT molecular complexity index is 255. The van der Waals surface area contributed by atoms with E-state index in [0.29, 0.717) is 12.5 Å². The fraction of sp³-hybridized carbons (Fsp3) is 0.750. The van der Waals surface area contributed by atoms with Crippen LogP contribution >= 0.6 is 0 Å². The van der Waals surface area contributed by atoms with E-state index in [1.165, 1.54) is 19.3 Å². The summed E-state index contributed by atoms with van der Waals surface area (Å²) in [5.74, 6) is 2.09. The number of hydrogen-bond donors (Lipinski definition) is 1. The van der Waals surface area contributed by atoms with Crippen LogP contribution in [0.3, 0.4) is 0 Å². The first-order chi connectivity index (χ1) is 5.90. The first-order valence-corrected chi connectivity index (χ1v) is 4.42. The summed E-state index contributed by atoms with van der Waals surface area (Å²) >= 11 is 0. The van der Waals surface area contributed by atoms with Gasteiger partial charge in [-0.1, -0.05) is 11.6 Å². The molecular weight excluding hydrogens is 154 g/mol. The van der Waals surface area contributed by atoms with Crippen LogP contribution in [0.1, 0.15) is 36.9 Å². The molecule has 0 bridgehead atoms. The highest BCUT2D eigenvalue weighted by Crippen LogP contribution is 2.34. The second-order valence-corrected chi connectivity index (χ2v) is 3.22. The van der Waals surface area contributed by atoms with E-state index in [-0.39, 0.29) is 0 Å². The van der Waals surface area contributed by atoms with Crippen molar-refractivity contribution in [2.75, 3.05) is 6.54 Å². The van der Waals surface area contributed by atoms with Gasteiger partial charge in [-0.2, -0.15) is 4.98 Å². The van der Waals surface area contributed by atoms with Crippen LogP contribution in [0, 0.1) is 0 Å². The van der Waals surface area contributed by atoms with Crippen molar-refractivity contribution in [3.8, 4) is 0 Å². The molecule has 1 aliphatic carbocycles. The second kappa shape index (κ2) is 3.23. The molecule has 1 heterocycles. The number of nitrogens with two attached hydrogens (primary N) is 1. The van der Waals surface area contributed by atoms with Gasteiger partial charge < -0.3 is 10.3 Å². The van der Waals surface area contributed by atoms with Gasteiger partial charge in [-0.05, 0) is 19.4 Å². The van der Waals surface area contributed by atoms with Gasteiger partial charge in [0, 0.05) is 12.3 Å². The van der Waals surface area contributed by atoms with Crippen LogP contribution in [0.15, 0.2) is 4.52 Å². The molecule has 1 aliphatic rings. The predicted molar refractivity (Wildman–Crippen MR) is 43.6 cm³/mol. The molecule has 2 rings (SSSR count). The first kappa shape index (κ1) is 7.73. The molecule has 12 heavy (non-hydrogen) atoms. The van der Waals surface area contributed by atoms with Gasteiger partial charge in [0.05, 0.1) is 0 Å². The van der Waals surface area contributed by atoms with Crippen LogP contribution in [0.5, 0.6) is 0 Å². The molecule has 0 amide bonds. The second-order valence-electron chi connectivity index (χ2n) is 3.22. The third kappa shape index (κ3) is 1.34. The summed E-state index contributed by atoms with van der Waals surface area (Å²) in [6.45, 7) is 0.587. The van der Waals surface area contributed by atoms with Crippen molar-refractivity contribution in [2.24, 2.45) is 5.73 Å². The van der Waals surface area contributed by atoms with Crippen LogP contribution < -0.4 is 5.73 Å². The van der Waals surface area contributed by atoms with E-state index in [0.717, 1.165) is 18.1 Å². The molecule has 66 valence electrons. The zero-order valence-corrected chi connectivity index (χ0v) is 6.99. The average Bonchev–Trinajstić information content (AvgIpc) is 2.34. The minimum atomic E-state index is 0.532. The molecule has 0 aromatic carbocycles. The molecule has 1 fully saturated rings. The average molecular weight is 167 g/mol. The van der Waals surface area contributed by atoms with Gasteiger partial charge in [0.1, 0.15) is 0 Å². The molecule has 0 aliphatic heterocycles. The van der Waals surface area contributed by atoms with Gasteiger partial charge in [-0.3, -0.25) is 0 Å². The van der Waals surface area contributed by atoms with E-state index in [4.69, 9.17) is 10.3 Å². The molecule has 1 aromatic rings. The lowest BCUT2D eigenvalue weighted by Crippen LogP contribution is -2.09. The Hall–Kier alpha value is -0.900.